The van der Waals surface area contributed by atoms with Gasteiger partial charge in [0.05, 0.1) is 4.90 Å². The normalized spacial score (nSPS) is 12.1. The molecular formula is C10H13FO2S. The lowest BCUT2D eigenvalue weighted by Gasteiger charge is -2.11. The highest BCUT2D eigenvalue weighted by atomic mass is 32.2. The van der Waals surface area contributed by atoms with Crippen LogP contribution in [0.25, 0.3) is 0 Å². The van der Waals surface area contributed by atoms with E-state index in [2.05, 4.69) is 0 Å². The van der Waals surface area contributed by atoms with Crippen LogP contribution in [0, 0.1) is 5.82 Å². The van der Waals surface area contributed by atoms with E-state index in [9.17, 15) is 12.8 Å². The Hall–Kier alpha value is -0.900. The van der Waals surface area contributed by atoms with Crippen LogP contribution in [0.4, 0.5) is 4.39 Å². The lowest BCUT2D eigenvalue weighted by Crippen LogP contribution is -2.06. The summed E-state index contributed by atoms with van der Waals surface area (Å²) >= 11 is 0. The van der Waals surface area contributed by atoms with Crippen LogP contribution in [0.1, 0.15) is 25.3 Å². The lowest BCUT2D eigenvalue weighted by atomic mass is 10.0. The summed E-state index contributed by atoms with van der Waals surface area (Å²) in [6.07, 6.45) is 1.09. The van der Waals surface area contributed by atoms with Gasteiger partial charge in [-0.15, -0.1) is 0 Å². The van der Waals surface area contributed by atoms with E-state index in [0.29, 0.717) is 0 Å². The van der Waals surface area contributed by atoms with Crippen molar-refractivity contribution in [2.24, 2.45) is 0 Å². The number of hydrogen-bond donors (Lipinski definition) is 0. The summed E-state index contributed by atoms with van der Waals surface area (Å²) in [6.45, 7) is 3.54. The second kappa shape index (κ2) is 3.69. The minimum Gasteiger partial charge on any atom is -0.224 e. The maximum absolute atomic E-state index is 13.4. The zero-order valence-corrected chi connectivity index (χ0v) is 9.23. The minimum absolute atomic E-state index is 0.0903. The molecule has 0 N–H and O–H groups in total. The van der Waals surface area contributed by atoms with Crippen LogP contribution in [0.5, 0.6) is 0 Å². The molecule has 0 heterocycles. The summed E-state index contributed by atoms with van der Waals surface area (Å²) in [5.74, 6) is -0.594. The van der Waals surface area contributed by atoms with E-state index in [-0.39, 0.29) is 16.4 Å². The van der Waals surface area contributed by atoms with E-state index < -0.39 is 15.7 Å². The summed E-state index contributed by atoms with van der Waals surface area (Å²) in [7, 11) is -3.34. The summed E-state index contributed by atoms with van der Waals surface area (Å²) < 4.78 is 36.1. The molecule has 0 saturated heterocycles. The van der Waals surface area contributed by atoms with Crippen LogP contribution in [0.2, 0.25) is 0 Å². The molecule has 0 unspecified atom stereocenters. The fraction of sp³-hybridized carbons (Fsp3) is 0.400. The Morgan fingerprint density at radius 3 is 2.21 bits per heavy atom. The smallest absolute Gasteiger partial charge is 0.175 e. The predicted molar refractivity (Wildman–Crippen MR) is 53.6 cm³/mol. The van der Waals surface area contributed by atoms with E-state index in [0.717, 1.165) is 6.26 Å². The van der Waals surface area contributed by atoms with Gasteiger partial charge in [-0.1, -0.05) is 19.9 Å². The number of hydrogen-bond acceptors (Lipinski definition) is 2. The van der Waals surface area contributed by atoms with Gasteiger partial charge in [0, 0.05) is 11.8 Å². The minimum atomic E-state index is -3.34. The molecule has 0 aromatic heterocycles. The first-order valence-corrected chi connectivity index (χ1v) is 6.21. The monoisotopic (exact) mass is 216 g/mol. The summed E-state index contributed by atoms with van der Waals surface area (Å²) in [4.78, 5) is 0.0903. The van der Waals surface area contributed by atoms with E-state index in [4.69, 9.17) is 0 Å². The Labute approximate surface area is 83.7 Å². The Bertz CT molecular complexity index is 435. The van der Waals surface area contributed by atoms with Crippen molar-refractivity contribution < 1.29 is 12.8 Å². The molecule has 0 saturated carbocycles. The molecule has 14 heavy (non-hydrogen) atoms. The van der Waals surface area contributed by atoms with Gasteiger partial charge in [-0.2, -0.15) is 0 Å². The average molecular weight is 216 g/mol. The molecule has 1 aromatic carbocycles. The molecule has 0 radical (unpaired) electrons. The second-order valence-corrected chi connectivity index (χ2v) is 5.56. The highest BCUT2D eigenvalue weighted by Crippen LogP contribution is 2.26. The van der Waals surface area contributed by atoms with Crippen LogP contribution < -0.4 is 0 Å². The Morgan fingerprint density at radius 2 is 1.86 bits per heavy atom. The van der Waals surface area contributed by atoms with Gasteiger partial charge in [0.15, 0.2) is 9.84 Å². The Morgan fingerprint density at radius 1 is 1.29 bits per heavy atom. The fourth-order valence-corrected chi connectivity index (χ4v) is 2.46. The van der Waals surface area contributed by atoms with Crippen molar-refractivity contribution in [1.29, 1.82) is 0 Å². The van der Waals surface area contributed by atoms with Gasteiger partial charge in [-0.05, 0) is 18.1 Å². The molecule has 0 aliphatic rings. The molecule has 0 atom stereocenters. The van der Waals surface area contributed by atoms with E-state index in [1.165, 1.54) is 18.2 Å². The first kappa shape index (κ1) is 11.2. The van der Waals surface area contributed by atoms with Crippen LogP contribution in [-0.2, 0) is 9.84 Å². The van der Waals surface area contributed by atoms with Gasteiger partial charge < -0.3 is 0 Å². The summed E-state index contributed by atoms with van der Waals surface area (Å²) in [5.41, 5.74) is 0.273. The van der Waals surface area contributed by atoms with Crippen molar-refractivity contribution in [3.63, 3.8) is 0 Å². The SMILES string of the molecule is CC(C)c1c(F)cccc1S(C)(=O)=O. The largest absolute Gasteiger partial charge is 0.224 e. The molecule has 0 aliphatic carbocycles. The van der Waals surface area contributed by atoms with Gasteiger partial charge >= 0.3 is 0 Å². The number of sulfone groups is 1. The third-order valence-electron chi connectivity index (χ3n) is 1.99. The first-order valence-electron chi connectivity index (χ1n) is 4.32. The van der Waals surface area contributed by atoms with Gasteiger partial charge in [-0.3, -0.25) is 0 Å². The van der Waals surface area contributed by atoms with E-state index in [1.54, 1.807) is 13.8 Å². The number of benzene rings is 1. The highest BCUT2D eigenvalue weighted by molar-refractivity contribution is 7.90. The van der Waals surface area contributed by atoms with Crippen molar-refractivity contribution in [2.45, 2.75) is 24.7 Å². The van der Waals surface area contributed by atoms with Crippen molar-refractivity contribution >= 4 is 9.84 Å². The topological polar surface area (TPSA) is 34.1 Å². The maximum Gasteiger partial charge on any atom is 0.175 e. The summed E-state index contributed by atoms with van der Waals surface area (Å²) in [6, 6.07) is 4.13. The zero-order valence-electron chi connectivity index (χ0n) is 8.41. The lowest BCUT2D eigenvalue weighted by molar-refractivity contribution is 0.576. The third kappa shape index (κ3) is 2.12. The van der Waals surface area contributed by atoms with E-state index >= 15 is 0 Å². The molecule has 0 amide bonds. The van der Waals surface area contributed by atoms with Crippen LogP contribution >= 0.6 is 0 Å². The molecule has 78 valence electrons. The maximum atomic E-state index is 13.4. The molecule has 0 fully saturated rings. The summed E-state index contributed by atoms with van der Waals surface area (Å²) in [5, 5.41) is 0. The Kier molecular flexibility index (Phi) is 2.95. The van der Waals surface area contributed by atoms with Crippen LogP contribution in [0.15, 0.2) is 23.1 Å². The van der Waals surface area contributed by atoms with Crippen molar-refractivity contribution in [2.75, 3.05) is 6.26 Å². The molecular weight excluding hydrogens is 203 g/mol. The molecule has 1 rings (SSSR count). The molecule has 4 heteroatoms. The Balaban J connectivity index is 3.52. The predicted octanol–water partition coefficient (Wildman–Crippen LogP) is 2.35. The average Bonchev–Trinajstić information content (AvgIpc) is 2.01. The van der Waals surface area contributed by atoms with Crippen molar-refractivity contribution in [1.82, 2.24) is 0 Å². The highest BCUT2D eigenvalue weighted by Gasteiger charge is 2.18. The third-order valence-corrected chi connectivity index (χ3v) is 3.14. The number of halogens is 1. The zero-order chi connectivity index (χ0) is 10.9. The van der Waals surface area contributed by atoms with Gasteiger partial charge in [-0.25, -0.2) is 12.8 Å². The molecule has 2 nitrogen and oxygen atoms in total. The molecule has 0 bridgehead atoms. The van der Waals surface area contributed by atoms with Crippen molar-refractivity contribution in [3.05, 3.63) is 29.6 Å². The van der Waals surface area contributed by atoms with Crippen LogP contribution in [-0.4, -0.2) is 14.7 Å². The second-order valence-electron chi connectivity index (χ2n) is 3.58. The quantitative estimate of drug-likeness (QED) is 0.760. The number of rotatable bonds is 2. The first-order chi connectivity index (χ1) is 6.34. The van der Waals surface area contributed by atoms with Gasteiger partial charge in [0.1, 0.15) is 5.82 Å². The van der Waals surface area contributed by atoms with Gasteiger partial charge in [0.2, 0.25) is 0 Å². The fourth-order valence-electron chi connectivity index (χ4n) is 1.40. The van der Waals surface area contributed by atoms with Crippen LogP contribution in [0.3, 0.4) is 0 Å². The van der Waals surface area contributed by atoms with E-state index in [1.807, 2.05) is 0 Å². The standard InChI is InChI=1S/C10H13FO2S/c1-7(2)10-8(11)5-4-6-9(10)14(3,12)13/h4-7H,1-3H3. The molecule has 0 aliphatic heterocycles. The molecule has 1 aromatic rings. The van der Waals surface area contributed by atoms with Crippen molar-refractivity contribution in [3.8, 4) is 0 Å². The molecule has 0 spiro atoms. The van der Waals surface area contributed by atoms with Gasteiger partial charge in [0.25, 0.3) is 0 Å².